The van der Waals surface area contributed by atoms with E-state index in [2.05, 4.69) is 0 Å². The van der Waals surface area contributed by atoms with Crippen LogP contribution in [0.4, 0.5) is 5.69 Å². The van der Waals surface area contributed by atoms with Gasteiger partial charge >= 0.3 is 0 Å². The number of rotatable bonds is 4. The molecule has 0 heterocycles. The highest BCUT2D eigenvalue weighted by molar-refractivity contribution is 6.32. The molecule has 6 heteroatoms. The van der Waals surface area contributed by atoms with Crippen LogP contribution in [0.5, 0.6) is 5.75 Å². The lowest BCUT2D eigenvalue weighted by Crippen LogP contribution is -2.42. The van der Waals surface area contributed by atoms with Crippen LogP contribution in [-0.4, -0.2) is 17.1 Å². The van der Waals surface area contributed by atoms with E-state index in [1.165, 1.54) is 12.1 Å². The van der Waals surface area contributed by atoms with Gasteiger partial charge in [-0.25, -0.2) is 0 Å². The van der Waals surface area contributed by atoms with Gasteiger partial charge in [0.1, 0.15) is 17.4 Å². The van der Waals surface area contributed by atoms with E-state index in [0.29, 0.717) is 17.9 Å². The number of nitrogens with two attached hydrogens (primary N) is 1. The molecule has 0 bridgehead atoms. The molecule has 1 fully saturated rings. The second-order valence-corrected chi connectivity index (χ2v) is 5.59. The molecule has 2 N–H and O–H groups in total. The molecular formula is C13H17ClN2O3. The number of benzene rings is 1. The van der Waals surface area contributed by atoms with Crippen LogP contribution < -0.4 is 10.5 Å². The first-order valence-electron chi connectivity index (χ1n) is 6.27. The number of nitrogens with zero attached hydrogens (tertiary/aromatic N) is 1. The van der Waals surface area contributed by atoms with Gasteiger partial charge < -0.3 is 10.5 Å². The molecule has 2 rings (SSSR count). The molecule has 0 spiro atoms. The normalized spacial score (nSPS) is 17.4. The average Bonchev–Trinajstić information content (AvgIpc) is 2.77. The van der Waals surface area contributed by atoms with Crippen molar-refractivity contribution >= 4 is 17.3 Å². The second-order valence-electron chi connectivity index (χ2n) is 5.18. The van der Waals surface area contributed by atoms with E-state index in [-0.39, 0.29) is 16.2 Å². The topological polar surface area (TPSA) is 78.4 Å². The number of hydrogen-bond acceptors (Lipinski definition) is 4. The molecule has 1 aromatic carbocycles. The SMILES string of the molecule is Cc1cc([N+](=O)[O-])c(Cl)cc1OCC1(N)CCCC1. The average molecular weight is 285 g/mol. The van der Waals surface area contributed by atoms with Crippen molar-refractivity contribution in [3.05, 3.63) is 32.8 Å². The van der Waals surface area contributed by atoms with Crippen molar-refractivity contribution in [3.8, 4) is 5.75 Å². The molecule has 0 aromatic heterocycles. The van der Waals surface area contributed by atoms with Crippen LogP contribution in [0.3, 0.4) is 0 Å². The molecule has 0 atom stereocenters. The largest absolute Gasteiger partial charge is 0.491 e. The summed E-state index contributed by atoms with van der Waals surface area (Å²) in [5, 5.41) is 10.8. The first kappa shape index (κ1) is 14.1. The Morgan fingerprint density at radius 3 is 2.68 bits per heavy atom. The van der Waals surface area contributed by atoms with Crippen molar-refractivity contribution in [2.24, 2.45) is 5.73 Å². The molecule has 0 radical (unpaired) electrons. The van der Waals surface area contributed by atoms with Crippen molar-refractivity contribution in [1.82, 2.24) is 0 Å². The van der Waals surface area contributed by atoms with Crippen molar-refractivity contribution in [2.75, 3.05) is 6.61 Å². The zero-order valence-corrected chi connectivity index (χ0v) is 11.6. The number of ether oxygens (including phenoxy) is 1. The Balaban J connectivity index is 2.13. The van der Waals surface area contributed by atoms with E-state index >= 15 is 0 Å². The van der Waals surface area contributed by atoms with Gasteiger partial charge in [0.15, 0.2) is 0 Å². The Bertz CT molecular complexity index is 499. The van der Waals surface area contributed by atoms with E-state index in [9.17, 15) is 10.1 Å². The Labute approximate surface area is 116 Å². The van der Waals surface area contributed by atoms with Gasteiger partial charge in [0.2, 0.25) is 0 Å². The lowest BCUT2D eigenvalue weighted by molar-refractivity contribution is -0.384. The second kappa shape index (κ2) is 5.35. The van der Waals surface area contributed by atoms with Crippen LogP contribution in [-0.2, 0) is 0 Å². The van der Waals surface area contributed by atoms with Gasteiger partial charge in [-0.15, -0.1) is 0 Å². The van der Waals surface area contributed by atoms with E-state index in [0.717, 1.165) is 25.7 Å². The fraction of sp³-hybridized carbons (Fsp3) is 0.538. The predicted molar refractivity (Wildman–Crippen MR) is 73.7 cm³/mol. The summed E-state index contributed by atoms with van der Waals surface area (Å²) in [6, 6.07) is 2.92. The zero-order chi connectivity index (χ0) is 14.0. The van der Waals surface area contributed by atoms with E-state index in [4.69, 9.17) is 22.1 Å². The van der Waals surface area contributed by atoms with Gasteiger partial charge in [-0.2, -0.15) is 0 Å². The number of aryl methyl sites for hydroxylation is 1. The van der Waals surface area contributed by atoms with Crippen molar-refractivity contribution in [3.63, 3.8) is 0 Å². The fourth-order valence-electron chi connectivity index (χ4n) is 2.39. The smallest absolute Gasteiger partial charge is 0.288 e. The van der Waals surface area contributed by atoms with Gasteiger partial charge in [0.05, 0.1) is 10.5 Å². The monoisotopic (exact) mass is 284 g/mol. The van der Waals surface area contributed by atoms with Gasteiger partial charge in [0, 0.05) is 12.1 Å². The van der Waals surface area contributed by atoms with E-state index in [1.54, 1.807) is 6.92 Å². The number of halogens is 1. The molecule has 1 aromatic rings. The Morgan fingerprint density at radius 1 is 1.47 bits per heavy atom. The maximum atomic E-state index is 10.8. The molecule has 0 unspecified atom stereocenters. The van der Waals surface area contributed by atoms with Crippen molar-refractivity contribution in [2.45, 2.75) is 38.1 Å². The van der Waals surface area contributed by atoms with Gasteiger partial charge in [-0.1, -0.05) is 24.4 Å². The Hall–Kier alpha value is -1.33. The van der Waals surface area contributed by atoms with Gasteiger partial charge in [-0.3, -0.25) is 10.1 Å². The Kier molecular flexibility index (Phi) is 3.96. The minimum absolute atomic E-state index is 0.0862. The summed E-state index contributed by atoms with van der Waals surface area (Å²) in [6.45, 7) is 2.18. The van der Waals surface area contributed by atoms with Gasteiger partial charge in [0.25, 0.3) is 5.69 Å². The highest BCUT2D eigenvalue weighted by Gasteiger charge is 2.30. The molecular weight excluding hydrogens is 268 g/mol. The maximum Gasteiger partial charge on any atom is 0.288 e. The summed E-state index contributed by atoms with van der Waals surface area (Å²) in [5.74, 6) is 0.562. The first-order chi connectivity index (χ1) is 8.91. The van der Waals surface area contributed by atoms with Crippen LogP contribution in [0, 0.1) is 17.0 Å². The number of nitro groups is 1. The summed E-state index contributed by atoms with van der Waals surface area (Å²) in [7, 11) is 0. The first-order valence-corrected chi connectivity index (χ1v) is 6.65. The predicted octanol–water partition coefficient (Wildman–Crippen LogP) is 3.21. The minimum Gasteiger partial charge on any atom is -0.491 e. The standard InChI is InChI=1S/C13H17ClN2O3/c1-9-6-11(16(17)18)10(14)7-12(9)19-8-13(15)4-2-3-5-13/h6-7H,2-5,8,15H2,1H3. The molecule has 5 nitrogen and oxygen atoms in total. The molecule has 1 aliphatic carbocycles. The third-order valence-electron chi connectivity index (χ3n) is 3.56. The van der Waals surface area contributed by atoms with Crippen LogP contribution in [0.2, 0.25) is 5.02 Å². The molecule has 1 aliphatic rings. The van der Waals surface area contributed by atoms with E-state index < -0.39 is 4.92 Å². The lowest BCUT2D eigenvalue weighted by atomic mass is 10.0. The quantitative estimate of drug-likeness (QED) is 0.680. The van der Waals surface area contributed by atoms with Crippen molar-refractivity contribution < 1.29 is 9.66 Å². The molecule has 0 aliphatic heterocycles. The Morgan fingerprint density at radius 2 is 2.11 bits per heavy atom. The minimum atomic E-state index is -0.499. The van der Waals surface area contributed by atoms with Crippen LogP contribution >= 0.6 is 11.6 Å². The number of hydrogen-bond donors (Lipinski definition) is 1. The fourth-order valence-corrected chi connectivity index (χ4v) is 2.61. The highest BCUT2D eigenvalue weighted by atomic mass is 35.5. The maximum absolute atomic E-state index is 10.8. The third kappa shape index (κ3) is 3.16. The summed E-state index contributed by atoms with van der Waals surface area (Å²) in [4.78, 5) is 10.3. The summed E-state index contributed by atoms with van der Waals surface area (Å²) in [6.07, 6.45) is 4.15. The zero-order valence-electron chi connectivity index (χ0n) is 10.8. The highest BCUT2D eigenvalue weighted by Crippen LogP contribution is 2.33. The molecule has 0 amide bonds. The third-order valence-corrected chi connectivity index (χ3v) is 3.86. The van der Waals surface area contributed by atoms with Crippen LogP contribution in [0.25, 0.3) is 0 Å². The molecule has 0 saturated heterocycles. The van der Waals surface area contributed by atoms with Crippen LogP contribution in [0.1, 0.15) is 31.2 Å². The summed E-state index contributed by atoms with van der Waals surface area (Å²) >= 11 is 5.87. The molecule has 1 saturated carbocycles. The number of nitro benzene ring substituents is 1. The lowest BCUT2D eigenvalue weighted by Gasteiger charge is -2.24. The summed E-state index contributed by atoms with van der Waals surface area (Å²) in [5.41, 5.74) is 6.52. The summed E-state index contributed by atoms with van der Waals surface area (Å²) < 4.78 is 5.71. The molecule has 19 heavy (non-hydrogen) atoms. The van der Waals surface area contributed by atoms with Gasteiger partial charge in [-0.05, 0) is 25.3 Å². The van der Waals surface area contributed by atoms with Crippen LogP contribution in [0.15, 0.2) is 12.1 Å². The van der Waals surface area contributed by atoms with Crippen molar-refractivity contribution in [1.29, 1.82) is 0 Å². The molecule has 104 valence electrons. The van der Waals surface area contributed by atoms with E-state index in [1.807, 2.05) is 0 Å².